The van der Waals surface area contributed by atoms with Gasteiger partial charge in [0.1, 0.15) is 0 Å². The lowest BCUT2D eigenvalue weighted by Crippen LogP contribution is -2.47. The van der Waals surface area contributed by atoms with E-state index in [4.69, 9.17) is 4.74 Å². The molecule has 0 amide bonds. The standard InChI is InChI=1S/C15H28N2O/c1-12-9-15(6-8-18-12)17(10-13-4-5-13)11-14-3-2-7-16-14/h12-16H,2-11H2,1H3. The minimum absolute atomic E-state index is 0.460. The first kappa shape index (κ1) is 12.9. The van der Waals surface area contributed by atoms with Crippen molar-refractivity contribution in [2.45, 2.75) is 63.6 Å². The van der Waals surface area contributed by atoms with Crippen LogP contribution in [-0.4, -0.2) is 49.3 Å². The van der Waals surface area contributed by atoms with Gasteiger partial charge in [0.05, 0.1) is 6.10 Å². The molecule has 0 aromatic carbocycles. The predicted molar refractivity (Wildman–Crippen MR) is 73.8 cm³/mol. The molecule has 0 aromatic heterocycles. The topological polar surface area (TPSA) is 24.5 Å². The van der Waals surface area contributed by atoms with Gasteiger partial charge >= 0.3 is 0 Å². The Morgan fingerprint density at radius 1 is 1.17 bits per heavy atom. The third kappa shape index (κ3) is 3.46. The summed E-state index contributed by atoms with van der Waals surface area (Å²) >= 11 is 0. The average Bonchev–Trinajstić information content (AvgIpc) is 3.03. The molecule has 3 aliphatic rings. The van der Waals surface area contributed by atoms with Gasteiger partial charge in [-0.1, -0.05) is 0 Å². The van der Waals surface area contributed by atoms with Crippen molar-refractivity contribution in [1.29, 1.82) is 0 Å². The van der Waals surface area contributed by atoms with E-state index in [2.05, 4.69) is 17.1 Å². The maximum Gasteiger partial charge on any atom is 0.0561 e. The largest absolute Gasteiger partial charge is 0.378 e. The highest BCUT2D eigenvalue weighted by Gasteiger charge is 2.32. The summed E-state index contributed by atoms with van der Waals surface area (Å²) in [4.78, 5) is 2.79. The number of ether oxygens (including phenoxy) is 1. The number of nitrogens with one attached hydrogen (secondary N) is 1. The normalized spacial score (nSPS) is 37.3. The molecular weight excluding hydrogens is 224 g/mol. The highest BCUT2D eigenvalue weighted by molar-refractivity contribution is 4.87. The number of rotatable bonds is 5. The van der Waals surface area contributed by atoms with E-state index >= 15 is 0 Å². The lowest BCUT2D eigenvalue weighted by Gasteiger charge is -2.38. The number of nitrogens with zero attached hydrogens (tertiary/aromatic N) is 1. The van der Waals surface area contributed by atoms with E-state index in [1.165, 1.54) is 58.2 Å². The van der Waals surface area contributed by atoms with Crippen LogP contribution >= 0.6 is 0 Å². The maximum absolute atomic E-state index is 5.71. The molecule has 2 aliphatic heterocycles. The molecule has 3 rings (SSSR count). The minimum Gasteiger partial charge on any atom is -0.378 e. The molecule has 2 heterocycles. The highest BCUT2D eigenvalue weighted by Crippen LogP contribution is 2.32. The Balaban J connectivity index is 1.56. The van der Waals surface area contributed by atoms with Crippen molar-refractivity contribution < 1.29 is 4.74 Å². The molecule has 0 aromatic rings. The highest BCUT2D eigenvalue weighted by atomic mass is 16.5. The first-order valence-electron chi connectivity index (χ1n) is 7.90. The van der Waals surface area contributed by atoms with Crippen LogP contribution in [0.25, 0.3) is 0 Å². The van der Waals surface area contributed by atoms with Gasteiger partial charge in [0.25, 0.3) is 0 Å². The van der Waals surface area contributed by atoms with Crippen molar-refractivity contribution in [3.8, 4) is 0 Å². The van der Waals surface area contributed by atoms with Crippen molar-refractivity contribution in [2.24, 2.45) is 5.92 Å². The van der Waals surface area contributed by atoms with Crippen LogP contribution in [-0.2, 0) is 4.74 Å². The third-order valence-electron chi connectivity index (χ3n) is 4.78. The molecule has 3 fully saturated rings. The molecule has 2 saturated heterocycles. The van der Waals surface area contributed by atoms with Crippen molar-refractivity contribution in [3.63, 3.8) is 0 Å². The zero-order valence-electron chi connectivity index (χ0n) is 11.7. The lowest BCUT2D eigenvalue weighted by atomic mass is 10.0. The van der Waals surface area contributed by atoms with Gasteiger partial charge in [-0.05, 0) is 57.9 Å². The summed E-state index contributed by atoms with van der Waals surface area (Å²) in [5.41, 5.74) is 0. The van der Waals surface area contributed by atoms with Gasteiger partial charge in [-0.15, -0.1) is 0 Å². The Bertz CT molecular complexity index is 261. The second-order valence-corrected chi connectivity index (χ2v) is 6.55. The second-order valence-electron chi connectivity index (χ2n) is 6.55. The van der Waals surface area contributed by atoms with Gasteiger partial charge in [-0.25, -0.2) is 0 Å². The molecule has 0 spiro atoms. The third-order valence-corrected chi connectivity index (χ3v) is 4.78. The van der Waals surface area contributed by atoms with Crippen molar-refractivity contribution in [3.05, 3.63) is 0 Å². The summed E-state index contributed by atoms with van der Waals surface area (Å²) in [6.45, 7) is 7.04. The van der Waals surface area contributed by atoms with E-state index < -0.39 is 0 Å². The van der Waals surface area contributed by atoms with Crippen LogP contribution in [0, 0.1) is 5.92 Å². The fourth-order valence-electron chi connectivity index (χ4n) is 3.51. The molecule has 1 saturated carbocycles. The molecule has 1 aliphatic carbocycles. The quantitative estimate of drug-likeness (QED) is 0.810. The Kier molecular flexibility index (Phi) is 4.22. The Hall–Kier alpha value is -0.120. The first-order valence-corrected chi connectivity index (χ1v) is 7.90. The smallest absolute Gasteiger partial charge is 0.0561 e. The number of hydrogen-bond acceptors (Lipinski definition) is 3. The first-order chi connectivity index (χ1) is 8.81. The van der Waals surface area contributed by atoms with Crippen LogP contribution in [0.3, 0.4) is 0 Å². The van der Waals surface area contributed by atoms with E-state index in [1.807, 2.05) is 0 Å². The Morgan fingerprint density at radius 2 is 2.06 bits per heavy atom. The summed E-state index contributed by atoms with van der Waals surface area (Å²) in [6, 6.07) is 1.53. The summed E-state index contributed by atoms with van der Waals surface area (Å²) < 4.78 is 5.71. The molecule has 3 unspecified atom stereocenters. The van der Waals surface area contributed by atoms with E-state index in [1.54, 1.807) is 0 Å². The zero-order chi connectivity index (χ0) is 12.4. The van der Waals surface area contributed by atoms with E-state index in [0.717, 1.165) is 24.6 Å². The summed E-state index contributed by atoms with van der Waals surface area (Å²) in [6.07, 6.45) is 8.61. The van der Waals surface area contributed by atoms with E-state index in [0.29, 0.717) is 6.10 Å². The van der Waals surface area contributed by atoms with Gasteiger partial charge < -0.3 is 10.1 Å². The van der Waals surface area contributed by atoms with Gasteiger partial charge in [-0.3, -0.25) is 4.90 Å². The van der Waals surface area contributed by atoms with Crippen LogP contribution in [0.2, 0.25) is 0 Å². The van der Waals surface area contributed by atoms with Crippen LogP contribution in [0.1, 0.15) is 45.4 Å². The molecular formula is C15H28N2O. The van der Waals surface area contributed by atoms with Gasteiger partial charge in [0, 0.05) is 31.8 Å². The predicted octanol–water partition coefficient (Wildman–Crippen LogP) is 2.02. The maximum atomic E-state index is 5.71. The monoisotopic (exact) mass is 252 g/mol. The summed E-state index contributed by atoms with van der Waals surface area (Å²) in [5.74, 6) is 1.00. The second kappa shape index (κ2) is 5.89. The van der Waals surface area contributed by atoms with Crippen molar-refractivity contribution >= 4 is 0 Å². The molecule has 3 nitrogen and oxygen atoms in total. The number of hydrogen-bond donors (Lipinski definition) is 1. The molecule has 1 N–H and O–H groups in total. The van der Waals surface area contributed by atoms with Gasteiger partial charge in [-0.2, -0.15) is 0 Å². The molecule has 0 bridgehead atoms. The van der Waals surface area contributed by atoms with Crippen LogP contribution < -0.4 is 5.32 Å². The molecule has 3 heteroatoms. The van der Waals surface area contributed by atoms with E-state index in [9.17, 15) is 0 Å². The fourth-order valence-corrected chi connectivity index (χ4v) is 3.51. The lowest BCUT2D eigenvalue weighted by molar-refractivity contribution is -0.0200. The molecule has 3 atom stereocenters. The SMILES string of the molecule is CC1CC(N(CC2CC2)CC2CCCN2)CCO1. The zero-order valence-corrected chi connectivity index (χ0v) is 11.7. The average molecular weight is 252 g/mol. The fraction of sp³-hybridized carbons (Fsp3) is 1.00. The minimum atomic E-state index is 0.460. The van der Waals surface area contributed by atoms with E-state index in [-0.39, 0.29) is 0 Å². The molecule has 0 radical (unpaired) electrons. The van der Waals surface area contributed by atoms with Crippen molar-refractivity contribution in [1.82, 2.24) is 10.2 Å². The molecule has 104 valence electrons. The van der Waals surface area contributed by atoms with Gasteiger partial charge in [0.15, 0.2) is 0 Å². The van der Waals surface area contributed by atoms with Crippen molar-refractivity contribution in [2.75, 3.05) is 26.2 Å². The Morgan fingerprint density at radius 3 is 2.72 bits per heavy atom. The molecule has 18 heavy (non-hydrogen) atoms. The Labute approximate surface area is 111 Å². The van der Waals surface area contributed by atoms with Crippen LogP contribution in [0.4, 0.5) is 0 Å². The summed E-state index contributed by atoms with van der Waals surface area (Å²) in [5, 5.41) is 3.66. The van der Waals surface area contributed by atoms with Gasteiger partial charge in [0.2, 0.25) is 0 Å². The van der Waals surface area contributed by atoms with Crippen LogP contribution in [0.15, 0.2) is 0 Å². The summed E-state index contributed by atoms with van der Waals surface area (Å²) in [7, 11) is 0. The van der Waals surface area contributed by atoms with Crippen LogP contribution in [0.5, 0.6) is 0 Å².